The number of benzene rings is 1. The van der Waals surface area contributed by atoms with Gasteiger partial charge < -0.3 is 0 Å². The summed E-state index contributed by atoms with van der Waals surface area (Å²) in [6.45, 7) is 2.02. The fraction of sp³-hybridized carbons (Fsp3) is 0.0833. The van der Waals surface area contributed by atoms with Crippen molar-refractivity contribution in [3.05, 3.63) is 60.4 Å². The van der Waals surface area contributed by atoms with Crippen molar-refractivity contribution in [2.24, 2.45) is 0 Å². The first-order valence-corrected chi connectivity index (χ1v) is 6.33. The Kier molecular flexibility index (Phi) is 4.81. The highest BCUT2D eigenvalue weighted by molar-refractivity contribution is 7.85. The molecule has 1 aromatic carbocycles. The minimum absolute atomic E-state index is 0.0741. The molecule has 1 heterocycles. The molecule has 0 amide bonds. The second kappa shape index (κ2) is 6.12. The minimum Gasteiger partial charge on any atom is -0.282 e. The second-order valence-electron chi connectivity index (χ2n) is 3.32. The van der Waals surface area contributed by atoms with Gasteiger partial charge in [0.2, 0.25) is 0 Å². The van der Waals surface area contributed by atoms with Gasteiger partial charge in [0.05, 0.1) is 4.90 Å². The van der Waals surface area contributed by atoms with Gasteiger partial charge in [-0.2, -0.15) is 8.42 Å². The lowest BCUT2D eigenvalue weighted by Gasteiger charge is -1.92. The molecular weight excluding hydrogens is 238 g/mol. The minimum atomic E-state index is -4.00. The van der Waals surface area contributed by atoms with Crippen molar-refractivity contribution in [3.63, 3.8) is 0 Å². The number of hydrogen-bond donors (Lipinski definition) is 1. The monoisotopic (exact) mass is 251 g/mol. The summed E-state index contributed by atoms with van der Waals surface area (Å²) in [6.07, 6.45) is 3.60. The van der Waals surface area contributed by atoms with E-state index in [1.807, 2.05) is 25.3 Å². The molecule has 0 atom stereocenters. The van der Waals surface area contributed by atoms with Crippen LogP contribution in [0.2, 0.25) is 0 Å². The van der Waals surface area contributed by atoms with Gasteiger partial charge in [-0.15, -0.1) is 0 Å². The van der Waals surface area contributed by atoms with Crippen molar-refractivity contribution in [2.75, 3.05) is 0 Å². The molecule has 1 N–H and O–H groups in total. The summed E-state index contributed by atoms with van der Waals surface area (Å²) in [6, 6.07) is 11.4. The van der Waals surface area contributed by atoms with Crippen LogP contribution < -0.4 is 0 Å². The van der Waals surface area contributed by atoms with E-state index in [2.05, 4.69) is 4.98 Å². The third-order valence-corrected chi connectivity index (χ3v) is 2.72. The third kappa shape index (κ3) is 5.24. The molecule has 2 aromatic rings. The number of nitrogens with zero attached hydrogens (tertiary/aromatic N) is 1. The molecule has 17 heavy (non-hydrogen) atoms. The maximum absolute atomic E-state index is 10.4. The molecule has 0 saturated carbocycles. The Labute approximate surface area is 101 Å². The summed E-state index contributed by atoms with van der Waals surface area (Å²) in [5.74, 6) is 0. The topological polar surface area (TPSA) is 67.3 Å². The molecule has 0 aliphatic heterocycles. The van der Waals surface area contributed by atoms with E-state index in [-0.39, 0.29) is 4.90 Å². The number of pyridine rings is 1. The molecule has 0 spiro atoms. The van der Waals surface area contributed by atoms with Gasteiger partial charge in [-0.05, 0) is 30.7 Å². The van der Waals surface area contributed by atoms with Crippen molar-refractivity contribution >= 4 is 10.1 Å². The fourth-order valence-electron chi connectivity index (χ4n) is 1.04. The van der Waals surface area contributed by atoms with Gasteiger partial charge in [0.1, 0.15) is 0 Å². The Morgan fingerprint density at radius 3 is 2.00 bits per heavy atom. The van der Waals surface area contributed by atoms with Crippen molar-refractivity contribution in [3.8, 4) is 0 Å². The number of aryl methyl sites for hydroxylation is 1. The molecule has 0 aliphatic carbocycles. The van der Waals surface area contributed by atoms with E-state index in [1.165, 1.54) is 17.7 Å². The lowest BCUT2D eigenvalue weighted by molar-refractivity contribution is 0.483. The standard InChI is InChI=1S/C6H7N.C6H6O3S/c1-6-3-2-4-7-5-6;7-10(8,9)6-4-2-1-3-5-6/h2-5H,1H3;1-5H,(H,7,8,9). The zero-order chi connectivity index (χ0) is 12.7. The molecular formula is C12H13NO3S. The Morgan fingerprint density at radius 1 is 1.06 bits per heavy atom. The van der Waals surface area contributed by atoms with Crippen LogP contribution in [0, 0.1) is 6.92 Å². The summed E-state index contributed by atoms with van der Waals surface area (Å²) in [7, 11) is -4.00. The lowest BCUT2D eigenvalue weighted by atomic mass is 10.3. The van der Waals surface area contributed by atoms with Crippen LogP contribution in [0.4, 0.5) is 0 Å². The quantitative estimate of drug-likeness (QED) is 0.790. The van der Waals surface area contributed by atoms with Crippen LogP contribution in [0.15, 0.2) is 59.8 Å². The highest BCUT2D eigenvalue weighted by Crippen LogP contribution is 2.05. The van der Waals surface area contributed by atoms with Crippen molar-refractivity contribution < 1.29 is 13.0 Å². The average Bonchev–Trinajstić information content (AvgIpc) is 2.31. The Balaban J connectivity index is 0.000000181. The van der Waals surface area contributed by atoms with Crippen LogP contribution in [0.3, 0.4) is 0 Å². The molecule has 0 unspecified atom stereocenters. The highest BCUT2D eigenvalue weighted by Gasteiger charge is 2.05. The van der Waals surface area contributed by atoms with Crippen LogP contribution in [-0.4, -0.2) is 18.0 Å². The van der Waals surface area contributed by atoms with Crippen molar-refractivity contribution in [2.45, 2.75) is 11.8 Å². The van der Waals surface area contributed by atoms with E-state index < -0.39 is 10.1 Å². The predicted molar refractivity (Wildman–Crippen MR) is 65.2 cm³/mol. The van der Waals surface area contributed by atoms with E-state index in [0.29, 0.717) is 0 Å². The second-order valence-corrected chi connectivity index (χ2v) is 4.74. The van der Waals surface area contributed by atoms with Crippen LogP contribution >= 0.6 is 0 Å². The van der Waals surface area contributed by atoms with Gasteiger partial charge in [0, 0.05) is 12.4 Å². The molecule has 4 nitrogen and oxygen atoms in total. The van der Waals surface area contributed by atoms with E-state index in [4.69, 9.17) is 4.55 Å². The van der Waals surface area contributed by atoms with Gasteiger partial charge in [0.25, 0.3) is 10.1 Å². The van der Waals surface area contributed by atoms with Crippen LogP contribution in [-0.2, 0) is 10.1 Å². The Bertz CT molecular complexity index is 538. The van der Waals surface area contributed by atoms with Gasteiger partial charge in [-0.3, -0.25) is 9.54 Å². The molecule has 2 rings (SSSR count). The molecule has 5 heteroatoms. The average molecular weight is 251 g/mol. The molecule has 0 fully saturated rings. The number of rotatable bonds is 1. The Hall–Kier alpha value is -1.72. The first-order valence-electron chi connectivity index (χ1n) is 4.89. The summed E-state index contributed by atoms with van der Waals surface area (Å²) >= 11 is 0. The maximum Gasteiger partial charge on any atom is 0.294 e. The van der Waals surface area contributed by atoms with Gasteiger partial charge in [-0.25, -0.2) is 0 Å². The number of aromatic nitrogens is 1. The van der Waals surface area contributed by atoms with E-state index in [0.717, 1.165) is 0 Å². The third-order valence-electron chi connectivity index (χ3n) is 1.85. The first-order chi connectivity index (χ1) is 8.00. The molecule has 0 bridgehead atoms. The Morgan fingerprint density at radius 2 is 1.71 bits per heavy atom. The molecule has 0 aliphatic rings. The summed E-state index contributed by atoms with van der Waals surface area (Å²) in [5.41, 5.74) is 1.21. The SMILES string of the molecule is Cc1cccnc1.O=S(=O)(O)c1ccccc1. The molecule has 90 valence electrons. The first kappa shape index (κ1) is 13.3. The largest absolute Gasteiger partial charge is 0.294 e. The summed E-state index contributed by atoms with van der Waals surface area (Å²) in [4.78, 5) is 3.81. The van der Waals surface area contributed by atoms with Gasteiger partial charge in [0.15, 0.2) is 0 Å². The molecule has 0 radical (unpaired) electrons. The fourth-order valence-corrected chi connectivity index (χ4v) is 1.54. The summed E-state index contributed by atoms with van der Waals surface area (Å²) in [5, 5.41) is 0. The predicted octanol–water partition coefficient (Wildman–Crippen LogP) is 2.32. The van der Waals surface area contributed by atoms with Crippen molar-refractivity contribution in [1.29, 1.82) is 0 Å². The van der Waals surface area contributed by atoms with Crippen LogP contribution in [0.25, 0.3) is 0 Å². The van der Waals surface area contributed by atoms with E-state index >= 15 is 0 Å². The number of hydrogen-bond acceptors (Lipinski definition) is 3. The normalized spacial score (nSPS) is 10.2. The summed E-state index contributed by atoms with van der Waals surface area (Å²) < 4.78 is 29.2. The smallest absolute Gasteiger partial charge is 0.282 e. The molecule has 1 aromatic heterocycles. The zero-order valence-corrected chi connectivity index (χ0v) is 10.1. The van der Waals surface area contributed by atoms with E-state index in [9.17, 15) is 8.42 Å². The highest BCUT2D eigenvalue weighted by atomic mass is 32.2. The van der Waals surface area contributed by atoms with Crippen molar-refractivity contribution in [1.82, 2.24) is 4.98 Å². The lowest BCUT2D eigenvalue weighted by Crippen LogP contribution is -1.96. The van der Waals surface area contributed by atoms with Gasteiger partial charge in [-0.1, -0.05) is 24.3 Å². The van der Waals surface area contributed by atoms with Gasteiger partial charge >= 0.3 is 0 Å². The van der Waals surface area contributed by atoms with Crippen LogP contribution in [0.1, 0.15) is 5.56 Å². The van der Waals surface area contributed by atoms with E-state index in [1.54, 1.807) is 24.4 Å². The zero-order valence-electron chi connectivity index (χ0n) is 9.32. The maximum atomic E-state index is 10.4. The van der Waals surface area contributed by atoms with Crippen LogP contribution in [0.5, 0.6) is 0 Å². The molecule has 0 saturated heterocycles.